The maximum Gasteiger partial charge on any atom is 0.216 e. The Hall–Kier alpha value is -3.52. The van der Waals surface area contributed by atoms with Crippen LogP contribution in [0.5, 0.6) is 11.5 Å². The molecule has 38 heavy (non-hydrogen) atoms. The van der Waals surface area contributed by atoms with Crippen molar-refractivity contribution < 1.29 is 28.6 Å². The van der Waals surface area contributed by atoms with E-state index in [2.05, 4.69) is 22.8 Å². The minimum Gasteiger partial charge on any atom is -0.493 e. The molecule has 2 bridgehead atoms. The second kappa shape index (κ2) is 9.98. The van der Waals surface area contributed by atoms with Crippen LogP contribution in [0.25, 0.3) is 0 Å². The van der Waals surface area contributed by atoms with Crippen LogP contribution in [0, 0.1) is 18.3 Å². The van der Waals surface area contributed by atoms with Crippen molar-refractivity contribution in [3.8, 4) is 17.6 Å². The van der Waals surface area contributed by atoms with Crippen LogP contribution in [0.2, 0.25) is 0 Å². The van der Waals surface area contributed by atoms with Crippen molar-refractivity contribution in [2.75, 3.05) is 27.6 Å². The van der Waals surface area contributed by atoms with Gasteiger partial charge in [0.1, 0.15) is 6.04 Å². The molecule has 2 N–H and O–H groups in total. The molecular weight excluding hydrogens is 488 g/mol. The minimum absolute atomic E-state index is 0.0229. The molecule has 200 valence electrons. The maximum absolute atomic E-state index is 13.4. The van der Waals surface area contributed by atoms with Gasteiger partial charge in [-0.15, -0.1) is 0 Å². The summed E-state index contributed by atoms with van der Waals surface area (Å²) in [5.41, 5.74) is 4.08. The molecule has 1 aromatic carbocycles. The first kappa shape index (κ1) is 26.1. The minimum atomic E-state index is -0.623. The Morgan fingerprint density at radius 1 is 1.24 bits per heavy atom. The number of ketones is 2. The molecule has 10 heteroatoms. The number of aryl methyl sites for hydroxylation is 1. The molecule has 3 heterocycles. The van der Waals surface area contributed by atoms with Crippen LogP contribution >= 0.6 is 0 Å². The lowest BCUT2D eigenvalue weighted by Crippen LogP contribution is -2.71. The molecule has 4 aliphatic rings. The summed E-state index contributed by atoms with van der Waals surface area (Å²) < 4.78 is 17.0. The average Bonchev–Trinajstić information content (AvgIpc) is 2.88. The number of amides is 1. The van der Waals surface area contributed by atoms with Crippen LogP contribution in [-0.2, 0) is 25.5 Å². The fourth-order valence-corrected chi connectivity index (χ4v) is 6.61. The molecule has 1 aromatic rings. The quantitative estimate of drug-likeness (QED) is 0.422. The van der Waals surface area contributed by atoms with Gasteiger partial charge in [-0.3, -0.25) is 19.3 Å². The summed E-state index contributed by atoms with van der Waals surface area (Å²) in [6.45, 7) is 5.15. The Kier molecular flexibility index (Phi) is 6.86. The molecule has 1 fully saturated rings. The smallest absolute Gasteiger partial charge is 0.216 e. The van der Waals surface area contributed by atoms with E-state index in [1.807, 2.05) is 11.8 Å². The first-order valence-electron chi connectivity index (χ1n) is 12.7. The van der Waals surface area contributed by atoms with E-state index < -0.39 is 12.1 Å². The number of nitrogens with one attached hydrogen (secondary N) is 2. The highest BCUT2D eigenvalue weighted by molar-refractivity contribution is 6.23. The Labute approximate surface area is 221 Å². The first-order valence-corrected chi connectivity index (χ1v) is 12.7. The number of nitrogens with zero attached hydrogens (tertiary/aromatic N) is 2. The third-order valence-electron chi connectivity index (χ3n) is 8.04. The van der Waals surface area contributed by atoms with E-state index in [1.165, 1.54) is 13.0 Å². The summed E-state index contributed by atoms with van der Waals surface area (Å²) in [5.74, 6) is 0.503. The van der Waals surface area contributed by atoms with Gasteiger partial charge in [-0.05, 0) is 43.9 Å². The molecule has 1 aliphatic carbocycles. The number of nitriles is 1. The number of methoxy groups -OCH3 is 2. The van der Waals surface area contributed by atoms with Gasteiger partial charge < -0.3 is 24.8 Å². The molecular formula is C28H32N4O6. The molecule has 0 aromatic heterocycles. The Balaban J connectivity index is 1.70. The first-order chi connectivity index (χ1) is 18.2. The monoisotopic (exact) mass is 520 g/mol. The van der Waals surface area contributed by atoms with E-state index in [-0.39, 0.29) is 55.4 Å². The normalized spacial score (nSPS) is 28.0. The second-order valence-electron chi connectivity index (χ2n) is 10.3. The summed E-state index contributed by atoms with van der Waals surface area (Å²) in [7, 11) is 3.14. The van der Waals surface area contributed by atoms with Crippen LogP contribution in [0.4, 0.5) is 0 Å². The lowest BCUT2D eigenvalue weighted by Gasteiger charge is -2.57. The van der Waals surface area contributed by atoms with Crippen LogP contribution < -0.4 is 20.1 Å². The molecule has 1 saturated heterocycles. The highest BCUT2D eigenvalue weighted by Gasteiger charge is 2.55. The number of benzene rings is 1. The van der Waals surface area contributed by atoms with Gasteiger partial charge in [-0.1, -0.05) is 6.07 Å². The predicted molar refractivity (Wildman–Crippen MR) is 137 cm³/mol. The van der Waals surface area contributed by atoms with E-state index >= 15 is 0 Å². The number of rotatable bonds is 6. The van der Waals surface area contributed by atoms with Gasteiger partial charge in [0.2, 0.25) is 5.91 Å². The van der Waals surface area contributed by atoms with Gasteiger partial charge in [0.25, 0.3) is 0 Å². The molecule has 10 nitrogen and oxygen atoms in total. The highest BCUT2D eigenvalue weighted by Crippen LogP contribution is 2.50. The molecule has 0 saturated carbocycles. The largest absolute Gasteiger partial charge is 0.493 e. The van der Waals surface area contributed by atoms with E-state index in [0.717, 1.165) is 16.7 Å². The fraction of sp³-hybridized carbons (Fsp3) is 0.500. The maximum atomic E-state index is 13.4. The number of Topliss-reactive ketones (excluding diaryl/α,β-unsaturated/α-hetero) is 1. The number of carbonyl (C=O) groups excluding carboxylic acids is 3. The van der Waals surface area contributed by atoms with E-state index in [4.69, 9.17) is 14.2 Å². The van der Waals surface area contributed by atoms with Crippen molar-refractivity contribution in [1.82, 2.24) is 15.5 Å². The van der Waals surface area contributed by atoms with Crippen molar-refractivity contribution in [3.05, 3.63) is 45.6 Å². The zero-order chi connectivity index (χ0) is 27.3. The van der Waals surface area contributed by atoms with Gasteiger partial charge in [0, 0.05) is 54.9 Å². The zero-order valence-electron chi connectivity index (χ0n) is 22.2. The lowest BCUT2D eigenvalue weighted by molar-refractivity contribution is -0.120. The van der Waals surface area contributed by atoms with Crippen molar-refractivity contribution in [1.29, 1.82) is 5.26 Å². The summed E-state index contributed by atoms with van der Waals surface area (Å²) in [4.78, 5) is 40.6. The van der Waals surface area contributed by atoms with Crippen molar-refractivity contribution in [3.63, 3.8) is 0 Å². The van der Waals surface area contributed by atoms with Gasteiger partial charge in [-0.25, -0.2) is 0 Å². The average molecular weight is 521 g/mol. The van der Waals surface area contributed by atoms with E-state index in [0.29, 0.717) is 34.6 Å². The van der Waals surface area contributed by atoms with Gasteiger partial charge in [0.05, 0.1) is 25.3 Å². The number of hydrogen-bond acceptors (Lipinski definition) is 9. The molecule has 1 amide bonds. The third kappa shape index (κ3) is 4.02. The molecule has 5 rings (SSSR count). The van der Waals surface area contributed by atoms with Crippen molar-refractivity contribution in [2.45, 2.75) is 63.8 Å². The molecule has 0 radical (unpaired) electrons. The number of piperazine rings is 1. The molecule has 5 atom stereocenters. The summed E-state index contributed by atoms with van der Waals surface area (Å²) in [6.07, 6.45) is 2.21. The molecule has 2 unspecified atom stereocenters. The Morgan fingerprint density at radius 2 is 2.00 bits per heavy atom. The van der Waals surface area contributed by atoms with Crippen molar-refractivity contribution in [2.24, 2.45) is 0 Å². The van der Waals surface area contributed by atoms with Crippen LogP contribution in [0.3, 0.4) is 0 Å². The second-order valence-corrected chi connectivity index (χ2v) is 10.3. The molecule has 3 aliphatic heterocycles. The number of fused-ring (bicyclic) bond motifs is 6. The van der Waals surface area contributed by atoms with Crippen LogP contribution in [0.1, 0.15) is 43.0 Å². The summed E-state index contributed by atoms with van der Waals surface area (Å²) in [6, 6.07) is 2.42. The SMILES string of the molecule is COCOc1c(OC)c(C)cc2c1[C@@H]1N[C@H](C2)C(C#N)N2C1CC1=C(C(=O)C=C(C)C1=O)[C@@H]2CNC(C)=O. The van der Waals surface area contributed by atoms with Crippen LogP contribution in [-0.4, -0.2) is 74.1 Å². The molecule has 0 spiro atoms. The summed E-state index contributed by atoms with van der Waals surface area (Å²) in [5, 5.41) is 16.9. The lowest BCUT2D eigenvalue weighted by atomic mass is 9.70. The van der Waals surface area contributed by atoms with Crippen LogP contribution in [0.15, 0.2) is 28.9 Å². The number of carbonyl (C=O) groups is 3. The fourth-order valence-electron chi connectivity index (χ4n) is 6.61. The van der Waals surface area contributed by atoms with Gasteiger partial charge in [-0.2, -0.15) is 5.26 Å². The topological polar surface area (TPSA) is 130 Å². The Bertz CT molecular complexity index is 1330. The standard InChI is InChI=1S/C28H32N4O6/c1-13-7-22(34)24-17(26(13)35)9-19-25-23-16(6-14(2)27(37-5)28(23)38-12-36-4)8-18(31-25)20(10-29)32(19)21(24)11-30-15(3)33/h6-7,18-21,25,31H,8-9,11-12H2,1-5H3,(H,30,33)/t18-,19?,20?,21+,25-/m1/s1. The van der Waals surface area contributed by atoms with Crippen molar-refractivity contribution >= 4 is 17.5 Å². The van der Waals surface area contributed by atoms with Gasteiger partial charge in [0.15, 0.2) is 29.9 Å². The number of allylic oxidation sites excluding steroid dienone is 2. The predicted octanol–water partition coefficient (Wildman–Crippen LogP) is 1.42. The van der Waals surface area contributed by atoms with E-state index in [1.54, 1.807) is 21.1 Å². The van der Waals surface area contributed by atoms with E-state index in [9.17, 15) is 19.6 Å². The Morgan fingerprint density at radius 3 is 2.66 bits per heavy atom. The highest BCUT2D eigenvalue weighted by atomic mass is 16.7. The number of ether oxygens (including phenoxy) is 3. The van der Waals surface area contributed by atoms with Gasteiger partial charge >= 0.3 is 0 Å². The number of hydrogen-bond donors (Lipinski definition) is 2. The summed E-state index contributed by atoms with van der Waals surface area (Å²) >= 11 is 0. The zero-order valence-corrected chi connectivity index (χ0v) is 22.2. The third-order valence-corrected chi connectivity index (χ3v) is 8.04.